The van der Waals surface area contributed by atoms with Gasteiger partial charge in [-0.2, -0.15) is 4.99 Å². The third-order valence-electron chi connectivity index (χ3n) is 3.40. The molecule has 0 fully saturated rings. The van der Waals surface area contributed by atoms with Crippen LogP contribution in [0.2, 0.25) is 0 Å². The fraction of sp³-hybridized carbons (Fsp3) is 0.250. The highest BCUT2D eigenvalue weighted by Crippen LogP contribution is 2.16. The zero-order valence-electron chi connectivity index (χ0n) is 12.1. The summed E-state index contributed by atoms with van der Waals surface area (Å²) in [6.45, 7) is 2.09. The second kappa shape index (κ2) is 5.83. The molecule has 0 unspecified atom stereocenters. The molecule has 0 aliphatic carbocycles. The van der Waals surface area contributed by atoms with E-state index in [1.54, 1.807) is 7.11 Å². The number of fused-ring (bicyclic) bond motifs is 1. The van der Waals surface area contributed by atoms with E-state index in [-0.39, 0.29) is 0 Å². The number of ether oxygens (including phenoxy) is 1. The standard InChI is InChI=1S/C16H16N4O/c1-3-11-9-10-13-15(18-16(11)21-2)20-19-14(17-13)12-7-5-4-6-8-12/h4-8,10H,3,9H2,1-2H3. The van der Waals surface area contributed by atoms with Crippen LogP contribution in [0, 0.1) is 0 Å². The molecular formula is C16H16N4O. The largest absolute Gasteiger partial charge is 0.481 e. The predicted molar refractivity (Wildman–Crippen MR) is 79.5 cm³/mol. The molecule has 2 aromatic rings. The van der Waals surface area contributed by atoms with Gasteiger partial charge in [-0.05, 0) is 18.4 Å². The predicted octanol–water partition coefficient (Wildman–Crippen LogP) is 1.61. The number of rotatable bonds is 3. The van der Waals surface area contributed by atoms with E-state index in [2.05, 4.69) is 27.1 Å². The van der Waals surface area contributed by atoms with Crippen molar-refractivity contribution in [1.29, 1.82) is 0 Å². The van der Waals surface area contributed by atoms with Crippen LogP contribution in [-0.4, -0.2) is 22.3 Å². The lowest BCUT2D eigenvalue weighted by Crippen LogP contribution is -2.33. The molecule has 0 N–H and O–H groups in total. The molecule has 1 aromatic heterocycles. The molecule has 1 aliphatic heterocycles. The van der Waals surface area contributed by atoms with Gasteiger partial charge >= 0.3 is 0 Å². The van der Waals surface area contributed by atoms with Gasteiger partial charge in [0.15, 0.2) is 5.82 Å². The average molecular weight is 280 g/mol. The van der Waals surface area contributed by atoms with E-state index >= 15 is 0 Å². The highest BCUT2D eigenvalue weighted by Gasteiger charge is 2.09. The molecule has 21 heavy (non-hydrogen) atoms. The molecule has 0 atom stereocenters. The van der Waals surface area contributed by atoms with Crippen LogP contribution in [-0.2, 0) is 4.74 Å². The van der Waals surface area contributed by atoms with Gasteiger partial charge in [0.2, 0.25) is 11.4 Å². The van der Waals surface area contributed by atoms with Crippen LogP contribution in [0.15, 0.2) is 46.8 Å². The van der Waals surface area contributed by atoms with E-state index in [1.165, 1.54) is 0 Å². The minimum Gasteiger partial charge on any atom is -0.481 e. The Bertz CT molecular complexity index is 797. The lowest BCUT2D eigenvalue weighted by Gasteiger charge is -2.04. The average Bonchev–Trinajstić information content (AvgIpc) is 2.73. The third-order valence-corrected chi connectivity index (χ3v) is 3.40. The maximum absolute atomic E-state index is 5.34. The molecule has 0 saturated carbocycles. The number of nitrogens with zero attached hydrogens (tertiary/aromatic N) is 4. The lowest BCUT2D eigenvalue weighted by molar-refractivity contribution is 0.279. The second-order valence-electron chi connectivity index (χ2n) is 4.70. The molecular weight excluding hydrogens is 264 g/mol. The summed E-state index contributed by atoms with van der Waals surface area (Å²) in [5.74, 6) is 1.23. The van der Waals surface area contributed by atoms with Gasteiger partial charge in [-0.15, -0.1) is 10.2 Å². The van der Waals surface area contributed by atoms with Gasteiger partial charge in [0.25, 0.3) is 0 Å². The maximum Gasteiger partial charge on any atom is 0.214 e. The van der Waals surface area contributed by atoms with E-state index in [4.69, 9.17) is 4.74 Å². The SMILES string of the molecule is CCC1=C(OC)N=c2nnc(-c3ccccc3)nc2=CC1. The summed E-state index contributed by atoms with van der Waals surface area (Å²) < 4.78 is 5.34. The smallest absolute Gasteiger partial charge is 0.214 e. The number of allylic oxidation sites excluding steroid dienone is 1. The molecule has 106 valence electrons. The maximum atomic E-state index is 5.34. The number of benzene rings is 1. The highest BCUT2D eigenvalue weighted by molar-refractivity contribution is 5.53. The van der Waals surface area contributed by atoms with Gasteiger partial charge in [-0.25, -0.2) is 4.98 Å². The fourth-order valence-electron chi connectivity index (χ4n) is 2.23. The van der Waals surface area contributed by atoms with Crippen molar-refractivity contribution >= 4 is 6.08 Å². The highest BCUT2D eigenvalue weighted by atomic mass is 16.5. The van der Waals surface area contributed by atoms with Crippen molar-refractivity contribution in [3.63, 3.8) is 0 Å². The Morgan fingerprint density at radius 3 is 2.67 bits per heavy atom. The number of hydrogen-bond donors (Lipinski definition) is 0. The van der Waals surface area contributed by atoms with Gasteiger partial charge in [0.1, 0.15) is 5.35 Å². The first-order valence-electron chi connectivity index (χ1n) is 6.93. The zero-order chi connectivity index (χ0) is 14.7. The molecule has 0 saturated heterocycles. The Labute approximate surface area is 122 Å². The fourth-order valence-corrected chi connectivity index (χ4v) is 2.23. The van der Waals surface area contributed by atoms with Gasteiger partial charge in [0.05, 0.1) is 7.11 Å². The first-order chi connectivity index (χ1) is 10.3. The van der Waals surface area contributed by atoms with Crippen LogP contribution in [0.25, 0.3) is 17.5 Å². The van der Waals surface area contributed by atoms with Crippen molar-refractivity contribution in [2.75, 3.05) is 7.11 Å². The van der Waals surface area contributed by atoms with E-state index in [1.807, 2.05) is 36.4 Å². The number of methoxy groups -OCH3 is 1. The molecule has 0 radical (unpaired) electrons. The van der Waals surface area contributed by atoms with E-state index in [0.717, 1.165) is 29.3 Å². The quantitative estimate of drug-likeness (QED) is 0.857. The van der Waals surface area contributed by atoms with Crippen LogP contribution < -0.4 is 10.8 Å². The van der Waals surface area contributed by atoms with Crippen LogP contribution in [0.3, 0.4) is 0 Å². The Morgan fingerprint density at radius 1 is 1.14 bits per heavy atom. The van der Waals surface area contributed by atoms with Crippen LogP contribution in [0.4, 0.5) is 0 Å². The second-order valence-corrected chi connectivity index (χ2v) is 4.70. The van der Waals surface area contributed by atoms with E-state index < -0.39 is 0 Å². The van der Waals surface area contributed by atoms with Gasteiger partial charge in [-0.1, -0.05) is 43.3 Å². The molecule has 2 heterocycles. The minimum atomic E-state index is 0.509. The van der Waals surface area contributed by atoms with Gasteiger partial charge in [-0.3, -0.25) is 0 Å². The first-order valence-corrected chi connectivity index (χ1v) is 6.93. The summed E-state index contributed by atoms with van der Waals surface area (Å²) in [5, 5.41) is 9.12. The number of aromatic nitrogens is 3. The summed E-state index contributed by atoms with van der Waals surface area (Å²) in [4.78, 5) is 9.01. The Hall–Kier alpha value is -2.56. The van der Waals surface area contributed by atoms with Crippen molar-refractivity contribution in [1.82, 2.24) is 15.2 Å². The monoisotopic (exact) mass is 280 g/mol. The van der Waals surface area contributed by atoms with E-state index in [9.17, 15) is 0 Å². The summed E-state index contributed by atoms with van der Waals surface area (Å²) in [7, 11) is 1.62. The van der Waals surface area contributed by atoms with Gasteiger partial charge < -0.3 is 4.74 Å². The topological polar surface area (TPSA) is 60.3 Å². The van der Waals surface area contributed by atoms with Crippen molar-refractivity contribution in [3.8, 4) is 11.4 Å². The molecule has 5 nitrogen and oxygen atoms in total. The molecule has 5 heteroatoms. The Morgan fingerprint density at radius 2 is 1.95 bits per heavy atom. The normalized spacial score (nSPS) is 13.8. The Kier molecular flexibility index (Phi) is 3.73. The summed E-state index contributed by atoms with van der Waals surface area (Å²) in [6, 6.07) is 9.81. The van der Waals surface area contributed by atoms with Crippen LogP contribution in [0.1, 0.15) is 19.8 Å². The van der Waals surface area contributed by atoms with Gasteiger partial charge in [0, 0.05) is 5.56 Å². The zero-order valence-corrected chi connectivity index (χ0v) is 12.1. The summed E-state index contributed by atoms with van der Waals surface area (Å²) >= 11 is 0. The number of hydrogen-bond acceptors (Lipinski definition) is 5. The molecule has 3 rings (SSSR count). The van der Waals surface area contributed by atoms with Crippen molar-refractivity contribution in [2.45, 2.75) is 19.8 Å². The molecule has 1 aliphatic rings. The van der Waals surface area contributed by atoms with Crippen molar-refractivity contribution < 1.29 is 4.74 Å². The Balaban J connectivity index is 2.12. The van der Waals surface area contributed by atoms with Crippen LogP contribution >= 0.6 is 0 Å². The molecule has 1 aromatic carbocycles. The molecule has 0 spiro atoms. The minimum absolute atomic E-state index is 0.509. The molecule has 0 bridgehead atoms. The van der Waals surface area contributed by atoms with Crippen LogP contribution in [0.5, 0.6) is 0 Å². The first kappa shape index (κ1) is 13.4. The van der Waals surface area contributed by atoms with E-state index in [0.29, 0.717) is 17.2 Å². The third kappa shape index (κ3) is 2.67. The van der Waals surface area contributed by atoms with Crippen molar-refractivity contribution in [2.24, 2.45) is 4.99 Å². The molecule has 0 amide bonds. The summed E-state index contributed by atoms with van der Waals surface area (Å²) in [6.07, 6.45) is 3.68. The summed E-state index contributed by atoms with van der Waals surface area (Å²) in [5.41, 5.74) is 2.59. The van der Waals surface area contributed by atoms with Crippen molar-refractivity contribution in [3.05, 3.63) is 52.6 Å². The lowest BCUT2D eigenvalue weighted by atomic mass is 10.1.